The number of amides is 1. The van der Waals surface area contributed by atoms with Gasteiger partial charge in [0.15, 0.2) is 10.9 Å². The first kappa shape index (κ1) is 14.0. The summed E-state index contributed by atoms with van der Waals surface area (Å²) in [5.74, 6) is -0.0573. The number of benzene rings is 1. The third kappa shape index (κ3) is 2.51. The van der Waals surface area contributed by atoms with Crippen LogP contribution in [-0.4, -0.2) is 27.4 Å². The number of thiocarbonyl (C=S) groups is 1. The quantitative estimate of drug-likeness (QED) is 0.676. The smallest absolute Gasteiger partial charge is 0.293 e. The number of H-pyrrole nitrogens is 1. The number of aromatic amines is 1. The van der Waals surface area contributed by atoms with Crippen molar-refractivity contribution >= 4 is 34.1 Å². The molecule has 0 atom stereocenters. The number of nitrogens with one attached hydrogen (secondary N) is 2. The van der Waals surface area contributed by atoms with Crippen LogP contribution in [0.3, 0.4) is 0 Å². The molecule has 2 N–H and O–H groups in total. The average molecular weight is 325 g/mol. The lowest BCUT2D eigenvalue weighted by molar-refractivity contribution is 0.0945. The number of carbonyl (C=O) groups excluding carboxylic acids is 1. The van der Waals surface area contributed by atoms with Gasteiger partial charge in [-0.1, -0.05) is 18.2 Å². The molecule has 0 unspecified atom stereocenters. The second-order valence-corrected chi connectivity index (χ2v) is 5.92. The van der Waals surface area contributed by atoms with Crippen molar-refractivity contribution < 1.29 is 9.21 Å². The average Bonchev–Trinajstić information content (AvgIpc) is 3.21. The van der Waals surface area contributed by atoms with Crippen LogP contribution >= 0.6 is 12.2 Å². The fourth-order valence-electron chi connectivity index (χ4n) is 3.01. The van der Waals surface area contributed by atoms with Gasteiger partial charge in [0.05, 0.1) is 12.8 Å². The molecule has 3 heterocycles. The monoisotopic (exact) mass is 325 g/mol. The summed E-state index contributed by atoms with van der Waals surface area (Å²) in [7, 11) is 0. The van der Waals surface area contributed by atoms with E-state index < -0.39 is 0 Å². The van der Waals surface area contributed by atoms with E-state index in [9.17, 15) is 4.79 Å². The predicted molar refractivity (Wildman–Crippen MR) is 91.2 cm³/mol. The minimum absolute atomic E-state index is 0.260. The van der Waals surface area contributed by atoms with Gasteiger partial charge in [-0.3, -0.25) is 10.1 Å². The maximum atomic E-state index is 12.0. The molecule has 4 rings (SSSR count). The lowest BCUT2D eigenvalue weighted by Crippen LogP contribution is -2.44. The maximum absolute atomic E-state index is 12.0. The van der Waals surface area contributed by atoms with Gasteiger partial charge in [-0.2, -0.15) is 0 Å². The molecule has 0 saturated heterocycles. The third-order valence-corrected chi connectivity index (χ3v) is 4.50. The number of carbonyl (C=O) groups is 1. The zero-order valence-corrected chi connectivity index (χ0v) is 13.2. The van der Waals surface area contributed by atoms with Crippen molar-refractivity contribution in [1.29, 1.82) is 0 Å². The van der Waals surface area contributed by atoms with E-state index in [2.05, 4.69) is 28.5 Å². The van der Waals surface area contributed by atoms with Crippen LogP contribution < -0.4 is 5.32 Å². The number of furan rings is 1. The molecule has 0 bridgehead atoms. The Balaban J connectivity index is 1.51. The first-order valence-electron chi connectivity index (χ1n) is 7.44. The second kappa shape index (κ2) is 5.55. The van der Waals surface area contributed by atoms with E-state index >= 15 is 0 Å². The van der Waals surface area contributed by atoms with Crippen LogP contribution in [-0.2, 0) is 13.0 Å². The number of para-hydroxylation sites is 1. The van der Waals surface area contributed by atoms with E-state index in [1.807, 2.05) is 11.0 Å². The standard InChI is InChI=1S/C17H15N3O2S/c21-16(15-6-3-9-22-15)19-17(23)20-8-7-12-11-4-1-2-5-13(11)18-14(12)10-20/h1-6,9,18H,7-8,10H2,(H,19,21,23). The summed E-state index contributed by atoms with van der Waals surface area (Å²) in [5.41, 5.74) is 3.65. The van der Waals surface area contributed by atoms with Crippen molar-refractivity contribution in [3.63, 3.8) is 0 Å². The van der Waals surface area contributed by atoms with Gasteiger partial charge in [-0.05, 0) is 42.4 Å². The van der Waals surface area contributed by atoms with Crippen molar-refractivity contribution in [2.45, 2.75) is 13.0 Å². The summed E-state index contributed by atoms with van der Waals surface area (Å²) in [6.07, 6.45) is 2.37. The summed E-state index contributed by atoms with van der Waals surface area (Å²) >= 11 is 5.37. The van der Waals surface area contributed by atoms with Crippen molar-refractivity contribution in [3.05, 3.63) is 59.7 Å². The number of fused-ring (bicyclic) bond motifs is 3. The Hall–Kier alpha value is -2.60. The fraction of sp³-hybridized carbons (Fsp3) is 0.176. The van der Waals surface area contributed by atoms with Gasteiger partial charge in [-0.15, -0.1) is 0 Å². The van der Waals surface area contributed by atoms with Crippen LogP contribution in [0.2, 0.25) is 0 Å². The van der Waals surface area contributed by atoms with Crippen LogP contribution in [0.5, 0.6) is 0 Å². The lowest BCUT2D eigenvalue weighted by Gasteiger charge is -2.29. The molecule has 0 saturated carbocycles. The summed E-state index contributed by atoms with van der Waals surface area (Å²) < 4.78 is 5.08. The Morgan fingerprint density at radius 3 is 2.96 bits per heavy atom. The highest BCUT2D eigenvalue weighted by atomic mass is 32.1. The van der Waals surface area contributed by atoms with E-state index in [0.717, 1.165) is 24.2 Å². The largest absolute Gasteiger partial charge is 0.459 e. The first-order chi connectivity index (χ1) is 11.2. The molecule has 3 aromatic rings. The number of nitrogens with zero attached hydrogens (tertiary/aromatic N) is 1. The zero-order chi connectivity index (χ0) is 15.8. The van der Waals surface area contributed by atoms with E-state index in [1.54, 1.807) is 12.1 Å². The molecule has 0 aliphatic carbocycles. The fourth-order valence-corrected chi connectivity index (χ4v) is 3.26. The molecule has 1 aliphatic rings. The van der Waals surface area contributed by atoms with Gasteiger partial charge < -0.3 is 14.3 Å². The summed E-state index contributed by atoms with van der Waals surface area (Å²) in [4.78, 5) is 17.5. The molecule has 116 valence electrons. The van der Waals surface area contributed by atoms with Crippen molar-refractivity contribution in [2.24, 2.45) is 0 Å². The van der Waals surface area contributed by atoms with Crippen molar-refractivity contribution in [1.82, 2.24) is 15.2 Å². The van der Waals surface area contributed by atoms with E-state index in [4.69, 9.17) is 16.6 Å². The van der Waals surface area contributed by atoms with E-state index in [-0.39, 0.29) is 11.7 Å². The van der Waals surface area contributed by atoms with E-state index in [1.165, 1.54) is 17.2 Å². The van der Waals surface area contributed by atoms with Gasteiger partial charge >= 0.3 is 0 Å². The Morgan fingerprint density at radius 2 is 2.13 bits per heavy atom. The molecule has 0 spiro atoms. The molecule has 2 aromatic heterocycles. The topological polar surface area (TPSA) is 61.3 Å². The molecular formula is C17H15N3O2S. The minimum atomic E-state index is -0.317. The Bertz CT molecular complexity index is 883. The van der Waals surface area contributed by atoms with E-state index in [0.29, 0.717) is 11.7 Å². The number of hydrogen-bond donors (Lipinski definition) is 2. The zero-order valence-electron chi connectivity index (χ0n) is 12.3. The van der Waals surface area contributed by atoms with Crippen LogP contribution in [0.1, 0.15) is 21.8 Å². The van der Waals surface area contributed by atoms with Crippen LogP contribution in [0.15, 0.2) is 47.1 Å². The molecule has 1 aliphatic heterocycles. The number of aromatic nitrogens is 1. The minimum Gasteiger partial charge on any atom is -0.459 e. The predicted octanol–water partition coefficient (Wildman–Crippen LogP) is 2.83. The SMILES string of the molecule is O=C(NC(=S)N1CCc2c([nH]c3ccccc23)C1)c1ccco1. The Labute approximate surface area is 138 Å². The Kier molecular flexibility index (Phi) is 3.38. The molecule has 1 amide bonds. The van der Waals surface area contributed by atoms with Gasteiger partial charge in [-0.25, -0.2) is 0 Å². The van der Waals surface area contributed by atoms with Crippen LogP contribution in [0, 0.1) is 0 Å². The summed E-state index contributed by atoms with van der Waals surface area (Å²) in [5, 5.41) is 4.42. The highest BCUT2D eigenvalue weighted by molar-refractivity contribution is 7.80. The number of hydrogen-bond acceptors (Lipinski definition) is 3. The highest BCUT2D eigenvalue weighted by Crippen LogP contribution is 2.27. The van der Waals surface area contributed by atoms with Gasteiger partial charge in [0.25, 0.3) is 5.91 Å². The maximum Gasteiger partial charge on any atom is 0.293 e. The lowest BCUT2D eigenvalue weighted by atomic mass is 10.0. The summed E-state index contributed by atoms with van der Waals surface area (Å²) in [6.45, 7) is 1.45. The molecule has 5 nitrogen and oxygen atoms in total. The Morgan fingerprint density at radius 1 is 1.26 bits per heavy atom. The van der Waals surface area contributed by atoms with Gasteiger partial charge in [0, 0.05) is 23.1 Å². The highest BCUT2D eigenvalue weighted by Gasteiger charge is 2.23. The molecule has 0 radical (unpaired) electrons. The third-order valence-electron chi connectivity index (χ3n) is 4.14. The van der Waals surface area contributed by atoms with Gasteiger partial charge in [0.1, 0.15) is 0 Å². The molecular weight excluding hydrogens is 310 g/mol. The normalized spacial score (nSPS) is 13.8. The second-order valence-electron chi connectivity index (χ2n) is 5.54. The van der Waals surface area contributed by atoms with Crippen molar-refractivity contribution in [2.75, 3.05) is 6.54 Å². The molecule has 1 aromatic carbocycles. The van der Waals surface area contributed by atoms with Gasteiger partial charge in [0.2, 0.25) is 0 Å². The molecule has 0 fully saturated rings. The summed E-state index contributed by atoms with van der Waals surface area (Å²) in [6, 6.07) is 11.6. The van der Waals surface area contributed by atoms with Crippen LogP contribution in [0.4, 0.5) is 0 Å². The van der Waals surface area contributed by atoms with Crippen molar-refractivity contribution in [3.8, 4) is 0 Å². The first-order valence-corrected chi connectivity index (χ1v) is 7.85. The number of rotatable bonds is 1. The molecule has 6 heteroatoms. The van der Waals surface area contributed by atoms with Crippen LogP contribution in [0.25, 0.3) is 10.9 Å². The molecule has 23 heavy (non-hydrogen) atoms.